The van der Waals surface area contributed by atoms with Crippen LogP contribution in [0.25, 0.3) is 21.3 Å². The molecule has 1 aromatic heterocycles. The Morgan fingerprint density at radius 3 is 1.90 bits per heavy atom. The summed E-state index contributed by atoms with van der Waals surface area (Å²) in [7, 11) is 0. The molecule has 0 aliphatic carbocycles. The molecule has 0 aliphatic heterocycles. The minimum Gasteiger partial charge on any atom is -0.494 e. The first-order chi connectivity index (χ1) is 35.7. The van der Waals surface area contributed by atoms with Crippen molar-refractivity contribution in [1.29, 1.82) is 0 Å². The number of esters is 3. The lowest BCUT2D eigenvalue weighted by atomic mass is 10.00. The van der Waals surface area contributed by atoms with Crippen molar-refractivity contribution < 1.29 is 47.5 Å². The van der Waals surface area contributed by atoms with Gasteiger partial charge in [-0.25, -0.2) is 24.4 Å². The molecule has 6 aromatic rings. The fourth-order valence-corrected chi connectivity index (χ4v) is 8.34. The van der Waals surface area contributed by atoms with Gasteiger partial charge in [0.05, 0.1) is 49.5 Å². The van der Waals surface area contributed by atoms with Crippen molar-refractivity contribution in [3.63, 3.8) is 0 Å². The maximum absolute atomic E-state index is 11.7. The van der Waals surface area contributed by atoms with E-state index in [2.05, 4.69) is 19.2 Å². The molecule has 0 spiro atoms. The van der Waals surface area contributed by atoms with Crippen molar-refractivity contribution in [2.75, 3.05) is 44.6 Å². The predicted molar refractivity (Wildman–Crippen MR) is 287 cm³/mol. The Morgan fingerprint density at radius 2 is 1.23 bits per heavy atom. The number of carbonyl (C=O) groups excluding carboxylic acids is 3. The van der Waals surface area contributed by atoms with Crippen LogP contribution in [0.15, 0.2) is 140 Å². The average Bonchev–Trinajstić information content (AvgIpc) is 3.86. The van der Waals surface area contributed by atoms with Gasteiger partial charge in [-0.1, -0.05) is 73.0 Å². The van der Waals surface area contributed by atoms with Gasteiger partial charge in [0.15, 0.2) is 0 Å². The van der Waals surface area contributed by atoms with Gasteiger partial charge in [0, 0.05) is 36.6 Å². The molecular weight excluding hydrogens is 943 g/mol. The number of fused-ring (bicyclic) bond motifs is 1. The molecule has 14 heteroatoms. The first kappa shape index (κ1) is 54.4. The van der Waals surface area contributed by atoms with Gasteiger partial charge in [0.1, 0.15) is 36.2 Å². The van der Waals surface area contributed by atoms with Crippen LogP contribution in [0.2, 0.25) is 0 Å². The number of benzene rings is 5. The summed E-state index contributed by atoms with van der Waals surface area (Å²) in [6, 6.07) is 35.8. The number of aromatic nitrogens is 1. The van der Waals surface area contributed by atoms with Crippen molar-refractivity contribution in [1.82, 2.24) is 4.98 Å². The zero-order valence-electron chi connectivity index (χ0n) is 41.5. The van der Waals surface area contributed by atoms with Crippen LogP contribution >= 0.6 is 11.3 Å². The molecule has 73 heavy (non-hydrogen) atoms. The Bertz CT molecular complexity index is 2770. The van der Waals surface area contributed by atoms with Gasteiger partial charge in [-0.15, -0.1) is 6.42 Å². The molecule has 0 amide bonds. The predicted octanol–water partition coefficient (Wildman–Crippen LogP) is 12.2. The third-order valence-electron chi connectivity index (χ3n) is 11.3. The highest BCUT2D eigenvalue weighted by Crippen LogP contribution is 2.32. The number of thiazole rings is 1. The van der Waals surface area contributed by atoms with Crippen molar-refractivity contribution >= 4 is 50.8 Å². The molecule has 0 saturated carbocycles. The number of unbranched alkanes of at least 4 members (excludes halogenated alkanes) is 6. The zero-order chi connectivity index (χ0) is 51.5. The summed E-state index contributed by atoms with van der Waals surface area (Å²) < 4.78 is 40.9. The number of nitrogens with zero attached hydrogens (tertiary/aromatic N) is 3. The third kappa shape index (κ3) is 18.7. The number of terminal acetylenes is 1. The normalized spacial score (nSPS) is 10.8. The number of carbonyl (C=O) groups is 3. The van der Waals surface area contributed by atoms with E-state index < -0.39 is 11.9 Å². The summed E-state index contributed by atoms with van der Waals surface area (Å²) in [6.07, 6.45) is 17.2. The standard InChI is InChI=1S/C59H63N3O10S/c1-5-56(63)68-36-16-10-8-14-34-66-49-26-21-45(22-27-49)42-71-50-28-24-47(25-29-50)52-31-30-51(72-43-46-23-32-54(44(4)39-46)67-35-15-9-11-17-37-69-57(64)6-2)40-48(52)41-60-62(33-18-38-70-58(65)7-3)59-61-53-19-12-13-20-55(53)73-59/h3,5-6,12-13,19-32,39-41H,1-2,8-11,14-18,33-38,42-43H2,4H3/b60-41+. The van der Waals surface area contributed by atoms with E-state index in [-0.39, 0.29) is 12.6 Å². The molecule has 0 atom stereocenters. The van der Waals surface area contributed by atoms with E-state index in [0.717, 1.165) is 112 Å². The number of hydrazone groups is 1. The second-order valence-corrected chi connectivity index (χ2v) is 17.8. The minimum absolute atomic E-state index is 0.133. The maximum Gasteiger partial charge on any atom is 0.384 e. The Kier molecular flexibility index (Phi) is 22.4. The molecule has 5 aromatic carbocycles. The van der Waals surface area contributed by atoms with Crippen LogP contribution in [0.1, 0.15) is 80.0 Å². The molecule has 0 saturated heterocycles. The maximum atomic E-state index is 11.7. The third-order valence-corrected chi connectivity index (χ3v) is 12.3. The molecule has 6 rings (SSSR count). The lowest BCUT2D eigenvalue weighted by Gasteiger charge is -2.17. The number of para-hydroxylation sites is 1. The number of anilines is 1. The Balaban J connectivity index is 1.10. The molecule has 0 N–H and O–H groups in total. The molecule has 0 radical (unpaired) electrons. The summed E-state index contributed by atoms with van der Waals surface area (Å²) >= 11 is 1.52. The van der Waals surface area contributed by atoms with Gasteiger partial charge in [-0.3, -0.25) is 0 Å². The van der Waals surface area contributed by atoms with E-state index in [1.54, 1.807) is 6.21 Å². The van der Waals surface area contributed by atoms with E-state index in [1.807, 2.05) is 121 Å². The highest BCUT2D eigenvalue weighted by molar-refractivity contribution is 7.22. The van der Waals surface area contributed by atoms with Crippen LogP contribution in [0.3, 0.4) is 0 Å². The zero-order valence-corrected chi connectivity index (χ0v) is 42.3. The number of ether oxygens (including phenoxy) is 7. The highest BCUT2D eigenvalue weighted by Gasteiger charge is 2.14. The van der Waals surface area contributed by atoms with Crippen molar-refractivity contribution in [3.8, 4) is 46.5 Å². The van der Waals surface area contributed by atoms with E-state index >= 15 is 0 Å². The van der Waals surface area contributed by atoms with Gasteiger partial charge in [0.2, 0.25) is 5.13 Å². The topological polar surface area (TPSA) is 144 Å². The molecule has 13 nitrogen and oxygen atoms in total. The first-order valence-corrected chi connectivity index (χ1v) is 25.4. The first-order valence-electron chi connectivity index (χ1n) is 24.5. The number of hydrogen-bond acceptors (Lipinski definition) is 14. The largest absolute Gasteiger partial charge is 0.494 e. The quantitative estimate of drug-likeness (QED) is 0.00580. The highest BCUT2D eigenvalue weighted by atomic mass is 32.1. The molecule has 380 valence electrons. The molecule has 0 aliphatic rings. The minimum atomic E-state index is -0.708. The van der Waals surface area contributed by atoms with Crippen molar-refractivity contribution in [3.05, 3.63) is 157 Å². The second-order valence-electron chi connectivity index (χ2n) is 16.8. The number of aryl methyl sites for hydroxylation is 1. The van der Waals surface area contributed by atoms with Crippen LogP contribution in [-0.4, -0.2) is 68.7 Å². The Labute approximate surface area is 432 Å². The lowest BCUT2D eigenvalue weighted by molar-refractivity contribution is -0.138. The Hall–Kier alpha value is -7.89. The van der Waals surface area contributed by atoms with Gasteiger partial charge in [-0.2, -0.15) is 5.10 Å². The average molecular weight is 1010 g/mol. The molecular formula is C59H63N3O10S. The van der Waals surface area contributed by atoms with Crippen LogP contribution in [0, 0.1) is 19.3 Å². The van der Waals surface area contributed by atoms with Crippen LogP contribution in [0.5, 0.6) is 23.0 Å². The van der Waals surface area contributed by atoms with Crippen LogP contribution in [0.4, 0.5) is 5.13 Å². The number of rotatable bonds is 32. The van der Waals surface area contributed by atoms with E-state index in [9.17, 15) is 14.4 Å². The smallest absolute Gasteiger partial charge is 0.384 e. The summed E-state index contributed by atoms with van der Waals surface area (Å²) in [6.45, 7) is 12.1. The summed E-state index contributed by atoms with van der Waals surface area (Å²) in [5, 5.41) is 7.49. The molecule has 0 unspecified atom stereocenters. The van der Waals surface area contributed by atoms with Gasteiger partial charge >= 0.3 is 17.9 Å². The summed E-state index contributed by atoms with van der Waals surface area (Å²) in [4.78, 5) is 38.9. The monoisotopic (exact) mass is 1010 g/mol. The van der Waals surface area contributed by atoms with Crippen LogP contribution in [-0.2, 0) is 41.8 Å². The molecule has 0 bridgehead atoms. The second kappa shape index (κ2) is 30.1. The van der Waals surface area contributed by atoms with E-state index in [0.29, 0.717) is 63.5 Å². The van der Waals surface area contributed by atoms with Gasteiger partial charge in [-0.05, 0) is 147 Å². The summed E-state index contributed by atoms with van der Waals surface area (Å²) in [5.74, 6) is 3.52. The molecule has 1 heterocycles. The van der Waals surface area contributed by atoms with Crippen LogP contribution < -0.4 is 24.0 Å². The van der Waals surface area contributed by atoms with Crippen molar-refractivity contribution in [2.24, 2.45) is 5.10 Å². The number of hydrogen-bond donors (Lipinski definition) is 0. The SMILES string of the molecule is C#CC(=O)OCCCN(/N=C/c1cc(OCc2ccc(OCCCCCCOC(=O)C=C)c(C)c2)ccc1-c1ccc(OCc2ccc(OCCCCCCOC(=O)C=C)cc2)cc1)c1nc2ccccc2s1. The van der Waals surface area contributed by atoms with Gasteiger partial charge < -0.3 is 33.2 Å². The van der Waals surface area contributed by atoms with Crippen molar-refractivity contribution in [2.45, 2.75) is 77.9 Å². The Morgan fingerprint density at radius 1 is 0.644 bits per heavy atom. The van der Waals surface area contributed by atoms with E-state index in [4.69, 9.17) is 49.7 Å². The molecule has 0 fully saturated rings. The fourth-order valence-electron chi connectivity index (χ4n) is 7.39. The lowest BCUT2D eigenvalue weighted by Crippen LogP contribution is -2.20. The van der Waals surface area contributed by atoms with Gasteiger partial charge in [0.25, 0.3) is 0 Å². The van der Waals surface area contributed by atoms with E-state index in [1.165, 1.54) is 23.5 Å². The fraction of sp³-hybridized carbons (Fsp3) is 0.305. The summed E-state index contributed by atoms with van der Waals surface area (Å²) in [5.41, 5.74) is 6.57.